The third kappa shape index (κ3) is 1.71. The number of anilines is 1. The van der Waals surface area contributed by atoms with Gasteiger partial charge >= 0.3 is 0 Å². The first-order chi connectivity index (χ1) is 7.83. The summed E-state index contributed by atoms with van der Waals surface area (Å²) in [6, 6.07) is 5.98. The van der Waals surface area contributed by atoms with Crippen molar-refractivity contribution in [2.24, 2.45) is 0 Å². The van der Waals surface area contributed by atoms with Gasteiger partial charge in [-0.15, -0.1) is 0 Å². The van der Waals surface area contributed by atoms with Crippen molar-refractivity contribution in [1.29, 1.82) is 0 Å². The predicted molar refractivity (Wildman–Crippen MR) is 65.2 cm³/mol. The molecule has 0 aromatic carbocycles. The van der Waals surface area contributed by atoms with Crippen LogP contribution in [-0.4, -0.2) is 21.1 Å². The Morgan fingerprint density at radius 1 is 1.25 bits per heavy atom. The smallest absolute Gasteiger partial charge is 0.130 e. The molecule has 16 heavy (non-hydrogen) atoms. The summed E-state index contributed by atoms with van der Waals surface area (Å²) in [6.45, 7) is 2.78. The standard InChI is InChI=1S/C11H11BrN4/c12-9-2-1-3-10(14-9)16-7-6-15-5-4-13-11(15)8-16/h1-5H,6-8H2. The Balaban J connectivity index is 1.88. The van der Waals surface area contributed by atoms with Crippen LogP contribution in [0.5, 0.6) is 0 Å². The molecule has 0 spiro atoms. The van der Waals surface area contributed by atoms with E-state index < -0.39 is 0 Å². The average molecular weight is 279 g/mol. The molecule has 0 unspecified atom stereocenters. The highest BCUT2D eigenvalue weighted by molar-refractivity contribution is 9.10. The van der Waals surface area contributed by atoms with Crippen LogP contribution in [0.4, 0.5) is 5.82 Å². The van der Waals surface area contributed by atoms with Crippen LogP contribution < -0.4 is 4.90 Å². The van der Waals surface area contributed by atoms with E-state index in [1.165, 1.54) is 0 Å². The fourth-order valence-corrected chi connectivity index (χ4v) is 2.28. The second-order valence-corrected chi connectivity index (χ2v) is 4.59. The van der Waals surface area contributed by atoms with E-state index in [2.05, 4.69) is 35.4 Å². The van der Waals surface area contributed by atoms with Gasteiger partial charge in [-0.25, -0.2) is 9.97 Å². The first-order valence-corrected chi connectivity index (χ1v) is 6.00. The molecular formula is C11H11BrN4. The monoisotopic (exact) mass is 278 g/mol. The fraction of sp³-hybridized carbons (Fsp3) is 0.273. The molecule has 0 saturated heterocycles. The minimum Gasteiger partial charge on any atom is -0.347 e. The predicted octanol–water partition coefficient (Wildman–Crippen LogP) is 2.06. The van der Waals surface area contributed by atoms with E-state index in [1.807, 2.05) is 30.6 Å². The second kappa shape index (κ2) is 3.90. The molecule has 3 rings (SSSR count). The highest BCUT2D eigenvalue weighted by Crippen LogP contribution is 2.19. The minimum absolute atomic E-state index is 0.830. The Kier molecular flexibility index (Phi) is 2.40. The van der Waals surface area contributed by atoms with Crippen LogP contribution in [0.3, 0.4) is 0 Å². The van der Waals surface area contributed by atoms with E-state index in [1.54, 1.807) is 0 Å². The quantitative estimate of drug-likeness (QED) is 0.749. The van der Waals surface area contributed by atoms with Crippen molar-refractivity contribution in [3.8, 4) is 0 Å². The number of pyridine rings is 1. The summed E-state index contributed by atoms with van der Waals surface area (Å²) in [5.41, 5.74) is 0. The van der Waals surface area contributed by atoms with Crippen molar-refractivity contribution in [1.82, 2.24) is 14.5 Å². The molecular weight excluding hydrogens is 268 g/mol. The lowest BCUT2D eigenvalue weighted by molar-refractivity contribution is 0.556. The summed E-state index contributed by atoms with van der Waals surface area (Å²) in [7, 11) is 0. The molecule has 0 fully saturated rings. The molecule has 2 aromatic rings. The van der Waals surface area contributed by atoms with Gasteiger partial charge in [0.05, 0.1) is 6.54 Å². The minimum atomic E-state index is 0.830. The van der Waals surface area contributed by atoms with Gasteiger partial charge in [0.25, 0.3) is 0 Å². The third-order valence-corrected chi connectivity index (χ3v) is 3.21. The number of rotatable bonds is 1. The highest BCUT2D eigenvalue weighted by Gasteiger charge is 2.17. The zero-order valence-electron chi connectivity index (χ0n) is 8.67. The Bertz CT molecular complexity index is 508. The number of imidazole rings is 1. The van der Waals surface area contributed by atoms with Gasteiger partial charge < -0.3 is 9.47 Å². The average Bonchev–Trinajstić information content (AvgIpc) is 2.75. The maximum Gasteiger partial charge on any atom is 0.130 e. The van der Waals surface area contributed by atoms with Crippen LogP contribution >= 0.6 is 15.9 Å². The van der Waals surface area contributed by atoms with Gasteiger partial charge in [-0.05, 0) is 28.1 Å². The van der Waals surface area contributed by atoms with E-state index in [0.717, 1.165) is 35.9 Å². The lowest BCUT2D eigenvalue weighted by Crippen LogP contribution is -2.34. The van der Waals surface area contributed by atoms with Crippen molar-refractivity contribution in [2.45, 2.75) is 13.1 Å². The number of fused-ring (bicyclic) bond motifs is 1. The maximum atomic E-state index is 4.46. The molecule has 3 heterocycles. The highest BCUT2D eigenvalue weighted by atomic mass is 79.9. The maximum absolute atomic E-state index is 4.46. The molecule has 0 saturated carbocycles. The number of nitrogens with zero attached hydrogens (tertiary/aromatic N) is 4. The molecule has 1 aliphatic rings. The van der Waals surface area contributed by atoms with Gasteiger partial charge in [0.1, 0.15) is 16.2 Å². The van der Waals surface area contributed by atoms with Crippen molar-refractivity contribution in [3.63, 3.8) is 0 Å². The Morgan fingerprint density at radius 2 is 2.19 bits per heavy atom. The number of aromatic nitrogens is 3. The van der Waals surface area contributed by atoms with Crippen LogP contribution in [0.15, 0.2) is 35.2 Å². The van der Waals surface area contributed by atoms with Crippen molar-refractivity contribution in [3.05, 3.63) is 41.0 Å². The largest absolute Gasteiger partial charge is 0.347 e. The van der Waals surface area contributed by atoms with E-state index in [4.69, 9.17) is 0 Å². The summed E-state index contributed by atoms with van der Waals surface area (Å²) < 4.78 is 3.06. The van der Waals surface area contributed by atoms with E-state index in [0.29, 0.717) is 0 Å². The number of hydrogen-bond donors (Lipinski definition) is 0. The summed E-state index contributed by atoms with van der Waals surface area (Å²) >= 11 is 3.39. The molecule has 0 atom stereocenters. The topological polar surface area (TPSA) is 34.0 Å². The van der Waals surface area contributed by atoms with E-state index in [9.17, 15) is 0 Å². The van der Waals surface area contributed by atoms with Crippen LogP contribution in [0.1, 0.15) is 5.82 Å². The van der Waals surface area contributed by atoms with Gasteiger partial charge in [-0.1, -0.05) is 6.07 Å². The molecule has 5 heteroatoms. The molecule has 1 aliphatic heterocycles. The number of hydrogen-bond acceptors (Lipinski definition) is 3. The molecule has 0 radical (unpaired) electrons. The summed E-state index contributed by atoms with van der Waals surface area (Å²) in [4.78, 5) is 11.0. The van der Waals surface area contributed by atoms with Crippen LogP contribution in [0.25, 0.3) is 0 Å². The Morgan fingerprint density at radius 3 is 3.06 bits per heavy atom. The molecule has 2 aromatic heterocycles. The third-order valence-electron chi connectivity index (χ3n) is 2.77. The van der Waals surface area contributed by atoms with Gasteiger partial charge in [0, 0.05) is 25.5 Å². The lowest BCUT2D eigenvalue weighted by Gasteiger charge is -2.28. The Labute approximate surface area is 102 Å². The van der Waals surface area contributed by atoms with E-state index in [-0.39, 0.29) is 0 Å². The van der Waals surface area contributed by atoms with Gasteiger partial charge in [-0.2, -0.15) is 0 Å². The first kappa shape index (κ1) is 9.84. The van der Waals surface area contributed by atoms with Gasteiger partial charge in [-0.3, -0.25) is 0 Å². The van der Waals surface area contributed by atoms with Crippen molar-refractivity contribution in [2.75, 3.05) is 11.4 Å². The van der Waals surface area contributed by atoms with Gasteiger partial charge in [0.15, 0.2) is 0 Å². The second-order valence-electron chi connectivity index (χ2n) is 3.78. The molecule has 4 nitrogen and oxygen atoms in total. The van der Waals surface area contributed by atoms with E-state index >= 15 is 0 Å². The SMILES string of the molecule is Brc1cccc(N2CCn3ccnc3C2)n1. The van der Waals surface area contributed by atoms with Crippen molar-refractivity contribution >= 4 is 21.7 Å². The lowest BCUT2D eigenvalue weighted by atomic mass is 10.3. The van der Waals surface area contributed by atoms with Crippen LogP contribution in [0, 0.1) is 0 Å². The molecule has 0 N–H and O–H groups in total. The summed E-state index contributed by atoms with van der Waals surface area (Å²) in [5.74, 6) is 2.11. The summed E-state index contributed by atoms with van der Waals surface area (Å²) in [5, 5.41) is 0. The molecule has 0 bridgehead atoms. The zero-order valence-corrected chi connectivity index (χ0v) is 10.3. The van der Waals surface area contributed by atoms with Crippen LogP contribution in [-0.2, 0) is 13.1 Å². The zero-order chi connectivity index (χ0) is 11.0. The molecule has 0 amide bonds. The number of halogens is 1. The Hall–Kier alpha value is -1.36. The normalized spacial score (nSPS) is 14.9. The van der Waals surface area contributed by atoms with Crippen LogP contribution in [0.2, 0.25) is 0 Å². The summed E-state index contributed by atoms with van der Waals surface area (Å²) in [6.07, 6.45) is 3.88. The first-order valence-electron chi connectivity index (χ1n) is 5.20. The fourth-order valence-electron chi connectivity index (χ4n) is 1.94. The van der Waals surface area contributed by atoms with Gasteiger partial charge in [0.2, 0.25) is 0 Å². The van der Waals surface area contributed by atoms with Crippen molar-refractivity contribution < 1.29 is 0 Å². The molecule has 82 valence electrons. The molecule has 0 aliphatic carbocycles.